The summed E-state index contributed by atoms with van der Waals surface area (Å²) in [5.41, 5.74) is 2.66. The molecule has 0 radical (unpaired) electrons. The quantitative estimate of drug-likeness (QED) is 0.848. The third-order valence-electron chi connectivity index (χ3n) is 4.72. The fourth-order valence-electron chi connectivity index (χ4n) is 3.78. The van der Waals surface area contributed by atoms with Gasteiger partial charge in [-0.2, -0.15) is 0 Å². The zero-order chi connectivity index (χ0) is 14.5. The van der Waals surface area contributed by atoms with Crippen molar-refractivity contribution in [3.63, 3.8) is 0 Å². The molecule has 1 unspecified atom stereocenters. The fraction of sp³-hybridized carbons (Fsp3) is 0.533. The van der Waals surface area contributed by atoms with E-state index in [9.17, 15) is 4.79 Å². The molecule has 20 heavy (non-hydrogen) atoms. The molecule has 1 fully saturated rings. The van der Waals surface area contributed by atoms with Crippen molar-refractivity contribution < 1.29 is 9.53 Å². The first-order valence-electron chi connectivity index (χ1n) is 6.94. The highest BCUT2D eigenvalue weighted by Gasteiger charge is 2.52. The van der Waals surface area contributed by atoms with E-state index < -0.39 is 6.09 Å². The van der Waals surface area contributed by atoms with Gasteiger partial charge in [-0.1, -0.05) is 13.0 Å². The van der Waals surface area contributed by atoms with Crippen LogP contribution in [0.15, 0.2) is 18.2 Å². The second-order valence-corrected chi connectivity index (χ2v) is 5.95. The number of carbonyl (C=O) groups is 1. The van der Waals surface area contributed by atoms with Gasteiger partial charge in [0.1, 0.15) is 5.75 Å². The van der Waals surface area contributed by atoms with Gasteiger partial charge in [-0.25, -0.2) is 4.79 Å². The van der Waals surface area contributed by atoms with Gasteiger partial charge >= 0.3 is 6.09 Å². The second kappa shape index (κ2) is 4.38. The maximum Gasteiger partial charge on any atom is 0.412 e. The summed E-state index contributed by atoms with van der Waals surface area (Å²) in [6, 6.07) is 5.94. The maximum absolute atomic E-state index is 11.3. The number of amides is 1. The molecule has 1 saturated heterocycles. The highest BCUT2D eigenvalue weighted by molar-refractivity contribution is 5.72. The first-order chi connectivity index (χ1) is 9.47. The molecule has 5 nitrogen and oxygen atoms in total. The minimum absolute atomic E-state index is 0.157. The van der Waals surface area contributed by atoms with E-state index in [1.54, 1.807) is 7.05 Å². The van der Waals surface area contributed by atoms with Crippen LogP contribution in [0.25, 0.3) is 0 Å². The zero-order valence-corrected chi connectivity index (χ0v) is 12.4. The Balaban J connectivity index is 1.98. The second-order valence-electron chi connectivity index (χ2n) is 5.95. The molecule has 3 rings (SSSR count). The van der Waals surface area contributed by atoms with Gasteiger partial charge in [0.15, 0.2) is 0 Å². The molecule has 0 bridgehead atoms. The van der Waals surface area contributed by atoms with Crippen LogP contribution in [0.1, 0.15) is 18.9 Å². The van der Waals surface area contributed by atoms with E-state index in [-0.39, 0.29) is 5.41 Å². The molecule has 0 aliphatic carbocycles. The number of carbonyl (C=O) groups excluding carboxylic acids is 1. The van der Waals surface area contributed by atoms with Crippen LogP contribution in [-0.2, 0) is 5.41 Å². The molecule has 1 N–H and O–H groups in total. The van der Waals surface area contributed by atoms with Crippen molar-refractivity contribution in [3.05, 3.63) is 23.8 Å². The number of anilines is 1. The highest BCUT2D eigenvalue weighted by atomic mass is 16.5. The first-order valence-corrected chi connectivity index (χ1v) is 6.94. The maximum atomic E-state index is 11.3. The number of benzene rings is 1. The molecule has 5 heteroatoms. The number of hydrogen-bond donors (Lipinski definition) is 1. The van der Waals surface area contributed by atoms with Gasteiger partial charge in [0, 0.05) is 37.8 Å². The third kappa shape index (κ3) is 1.69. The summed E-state index contributed by atoms with van der Waals surface area (Å²) in [6.45, 7) is 3.43. The summed E-state index contributed by atoms with van der Waals surface area (Å²) >= 11 is 0. The van der Waals surface area contributed by atoms with Gasteiger partial charge in [0.2, 0.25) is 0 Å². The molecule has 2 atom stereocenters. The standard InChI is InChI=1S/C15H21N3O2/c1-15-7-8-17(3)13(15)18(4)12-9-10(5-6-11(12)15)20-14(19)16-2/h5-6,9,13H,7-8H2,1-4H3,(H,16,19)/t13?,15-/m1/s1. The van der Waals surface area contributed by atoms with E-state index in [2.05, 4.69) is 42.2 Å². The fourth-order valence-corrected chi connectivity index (χ4v) is 3.78. The van der Waals surface area contributed by atoms with Gasteiger partial charge in [-0.15, -0.1) is 0 Å². The number of likely N-dealkylation sites (tertiary alicyclic amines) is 1. The summed E-state index contributed by atoms with van der Waals surface area (Å²) in [5.74, 6) is 0.584. The van der Waals surface area contributed by atoms with Crippen molar-refractivity contribution in [2.24, 2.45) is 0 Å². The van der Waals surface area contributed by atoms with Crippen LogP contribution in [-0.4, -0.2) is 44.8 Å². The van der Waals surface area contributed by atoms with Crippen LogP contribution in [0.3, 0.4) is 0 Å². The molecule has 1 aromatic carbocycles. The number of hydrogen-bond acceptors (Lipinski definition) is 4. The van der Waals surface area contributed by atoms with E-state index in [1.165, 1.54) is 5.56 Å². The normalized spacial score (nSPS) is 28.2. The largest absolute Gasteiger partial charge is 0.412 e. The predicted octanol–water partition coefficient (Wildman–Crippen LogP) is 1.77. The summed E-state index contributed by atoms with van der Waals surface area (Å²) in [7, 11) is 5.84. The van der Waals surface area contributed by atoms with Crippen molar-refractivity contribution in [2.75, 3.05) is 32.6 Å². The summed E-state index contributed by atoms with van der Waals surface area (Å²) in [4.78, 5) is 16.0. The van der Waals surface area contributed by atoms with Crippen LogP contribution >= 0.6 is 0 Å². The number of ether oxygens (including phenoxy) is 1. The number of nitrogens with zero attached hydrogens (tertiary/aromatic N) is 2. The van der Waals surface area contributed by atoms with Gasteiger partial charge in [-0.05, 0) is 25.1 Å². The molecule has 0 saturated carbocycles. The Kier molecular flexibility index (Phi) is 2.90. The average Bonchev–Trinajstić information content (AvgIpc) is 2.84. The Bertz CT molecular complexity index is 560. The van der Waals surface area contributed by atoms with Crippen molar-refractivity contribution >= 4 is 11.8 Å². The van der Waals surface area contributed by atoms with E-state index in [0.29, 0.717) is 11.9 Å². The lowest BCUT2D eigenvalue weighted by Gasteiger charge is -2.32. The number of fused-ring (bicyclic) bond motifs is 3. The summed E-state index contributed by atoms with van der Waals surface area (Å²) in [5, 5.41) is 2.46. The Morgan fingerprint density at radius 3 is 2.90 bits per heavy atom. The first kappa shape index (κ1) is 13.2. The Morgan fingerprint density at radius 2 is 2.20 bits per heavy atom. The summed E-state index contributed by atoms with van der Waals surface area (Å²) in [6.07, 6.45) is 1.10. The van der Waals surface area contributed by atoms with E-state index in [4.69, 9.17) is 4.74 Å². The van der Waals surface area contributed by atoms with E-state index in [1.807, 2.05) is 12.1 Å². The van der Waals surface area contributed by atoms with Crippen LogP contribution in [0.4, 0.5) is 10.5 Å². The van der Waals surface area contributed by atoms with Crippen LogP contribution in [0, 0.1) is 0 Å². The van der Waals surface area contributed by atoms with Crippen LogP contribution in [0.2, 0.25) is 0 Å². The molecule has 2 aliphatic heterocycles. The molecular weight excluding hydrogens is 254 g/mol. The summed E-state index contributed by atoms with van der Waals surface area (Å²) < 4.78 is 5.23. The van der Waals surface area contributed by atoms with Gasteiger partial charge in [-0.3, -0.25) is 4.90 Å². The minimum atomic E-state index is -0.436. The van der Waals surface area contributed by atoms with Gasteiger partial charge in [0.25, 0.3) is 0 Å². The average molecular weight is 275 g/mol. The molecule has 1 aromatic rings. The molecule has 0 spiro atoms. The lowest BCUT2D eigenvalue weighted by molar-refractivity contribution is 0.203. The molecule has 2 heterocycles. The Hall–Kier alpha value is -1.75. The molecular formula is C15H21N3O2. The minimum Gasteiger partial charge on any atom is -0.410 e. The van der Waals surface area contributed by atoms with Gasteiger partial charge in [0.05, 0.1) is 6.17 Å². The smallest absolute Gasteiger partial charge is 0.410 e. The Morgan fingerprint density at radius 1 is 1.45 bits per heavy atom. The van der Waals surface area contributed by atoms with Crippen LogP contribution < -0.4 is 15.0 Å². The monoisotopic (exact) mass is 275 g/mol. The molecule has 108 valence electrons. The number of likely N-dealkylation sites (N-methyl/N-ethyl adjacent to an activating group) is 2. The lowest BCUT2D eigenvalue weighted by Crippen LogP contribution is -2.45. The van der Waals surface area contributed by atoms with Crippen molar-refractivity contribution in [1.29, 1.82) is 0 Å². The van der Waals surface area contributed by atoms with E-state index >= 15 is 0 Å². The molecule has 1 amide bonds. The van der Waals surface area contributed by atoms with Crippen molar-refractivity contribution in [1.82, 2.24) is 10.2 Å². The van der Waals surface area contributed by atoms with Crippen LogP contribution in [0.5, 0.6) is 5.75 Å². The molecule has 0 aromatic heterocycles. The third-order valence-corrected chi connectivity index (χ3v) is 4.72. The lowest BCUT2D eigenvalue weighted by atomic mass is 9.81. The van der Waals surface area contributed by atoms with Crippen molar-refractivity contribution in [3.8, 4) is 5.75 Å². The zero-order valence-electron chi connectivity index (χ0n) is 12.4. The predicted molar refractivity (Wildman–Crippen MR) is 78.3 cm³/mol. The van der Waals surface area contributed by atoms with Gasteiger partial charge < -0.3 is 15.0 Å². The number of nitrogens with one attached hydrogen (secondary N) is 1. The van der Waals surface area contributed by atoms with E-state index in [0.717, 1.165) is 18.7 Å². The highest BCUT2D eigenvalue weighted by Crippen LogP contribution is 2.51. The molecule has 2 aliphatic rings. The number of rotatable bonds is 1. The topological polar surface area (TPSA) is 44.8 Å². The SMILES string of the molecule is CNC(=O)Oc1ccc2c(c1)N(C)C1N(C)CC[C@]21C. The Labute approximate surface area is 119 Å². The van der Waals surface area contributed by atoms with Crippen molar-refractivity contribution in [2.45, 2.75) is 24.9 Å².